The third kappa shape index (κ3) is 6.41. The summed E-state index contributed by atoms with van der Waals surface area (Å²) in [6.45, 7) is 5.32. The summed E-state index contributed by atoms with van der Waals surface area (Å²) in [4.78, 5) is 50.3. The van der Waals surface area contributed by atoms with E-state index in [1.807, 2.05) is 13.8 Å². The number of amides is 3. The molecule has 41 heavy (non-hydrogen) atoms. The van der Waals surface area contributed by atoms with Crippen LogP contribution < -0.4 is 20.1 Å². The highest BCUT2D eigenvalue weighted by atomic mass is 32.2. The Labute approximate surface area is 240 Å². The molecule has 5 heterocycles. The van der Waals surface area contributed by atoms with Crippen LogP contribution in [0.5, 0.6) is 11.6 Å². The average molecular weight is 599 g/mol. The molecule has 3 aromatic rings. The highest BCUT2D eigenvalue weighted by Gasteiger charge is 2.31. The minimum Gasteiger partial charge on any atom is -0.479 e. The molecule has 0 spiro atoms. The predicted octanol–water partition coefficient (Wildman–Crippen LogP) is 3.39. The van der Waals surface area contributed by atoms with Gasteiger partial charge in [0.2, 0.25) is 11.8 Å². The molecule has 5 rings (SSSR count). The first-order valence-electron chi connectivity index (χ1n) is 12.3. The summed E-state index contributed by atoms with van der Waals surface area (Å²) in [6.07, 6.45) is 2.51. The maximum atomic E-state index is 12.5. The lowest BCUT2D eigenvalue weighted by Crippen LogP contribution is -2.39. The lowest BCUT2D eigenvalue weighted by molar-refractivity contribution is -0.125. The summed E-state index contributed by atoms with van der Waals surface area (Å²) in [7, 11) is -3.76. The van der Waals surface area contributed by atoms with Crippen LogP contribution in [0.4, 0.5) is 22.1 Å². The largest absolute Gasteiger partial charge is 0.479 e. The number of nitrogens with zero attached hydrogens (tertiary/aromatic N) is 4. The molecule has 0 atom stereocenters. The van der Waals surface area contributed by atoms with Gasteiger partial charge in [-0.3, -0.25) is 19.3 Å². The molecule has 1 saturated heterocycles. The molecule has 0 bridgehead atoms. The van der Waals surface area contributed by atoms with Crippen LogP contribution in [-0.2, 0) is 26.0 Å². The third-order valence-electron chi connectivity index (χ3n) is 5.94. The number of sulfone groups is 1. The summed E-state index contributed by atoms with van der Waals surface area (Å²) in [6, 6.07) is 7.87. The molecular weight excluding hydrogens is 572 g/mol. The Kier molecular flexibility index (Phi) is 7.33. The van der Waals surface area contributed by atoms with E-state index in [0.29, 0.717) is 40.7 Å². The summed E-state index contributed by atoms with van der Waals surface area (Å²) in [5, 5.41) is 5.07. The second-order valence-corrected chi connectivity index (χ2v) is 13.0. The van der Waals surface area contributed by atoms with Gasteiger partial charge in [-0.1, -0.05) is 11.8 Å². The van der Waals surface area contributed by atoms with Crippen molar-refractivity contribution in [2.45, 2.75) is 37.9 Å². The van der Waals surface area contributed by atoms with Crippen molar-refractivity contribution in [2.24, 2.45) is 0 Å². The van der Waals surface area contributed by atoms with Gasteiger partial charge in [0.1, 0.15) is 23.8 Å². The van der Waals surface area contributed by atoms with Crippen LogP contribution in [0.3, 0.4) is 0 Å². The third-order valence-corrected chi connectivity index (χ3v) is 7.77. The first-order chi connectivity index (χ1) is 19.3. The van der Waals surface area contributed by atoms with Crippen molar-refractivity contribution in [1.82, 2.24) is 19.9 Å². The molecule has 15 heteroatoms. The van der Waals surface area contributed by atoms with Crippen molar-refractivity contribution in [3.8, 4) is 22.9 Å². The van der Waals surface area contributed by atoms with Crippen LogP contribution >= 0.6 is 11.8 Å². The predicted molar refractivity (Wildman–Crippen MR) is 151 cm³/mol. The monoisotopic (exact) mass is 598 g/mol. The molecule has 0 radical (unpaired) electrons. The minimum absolute atomic E-state index is 0.0281. The number of nitrogens with one attached hydrogen (secondary N) is 2. The fraction of sp³-hybridized carbons (Fsp3) is 0.308. The van der Waals surface area contributed by atoms with Gasteiger partial charge in [0, 0.05) is 31.0 Å². The number of thioether (sulfide) groups is 1. The number of hydrogen-bond donors (Lipinski definition) is 2. The summed E-state index contributed by atoms with van der Waals surface area (Å²) in [5.74, 6) is 0.461. The Morgan fingerprint density at radius 3 is 2.61 bits per heavy atom. The second-order valence-electron chi connectivity index (χ2n) is 10.1. The van der Waals surface area contributed by atoms with Gasteiger partial charge < -0.3 is 20.1 Å². The molecule has 3 aromatic heterocycles. The molecule has 0 aliphatic carbocycles. The summed E-state index contributed by atoms with van der Waals surface area (Å²) in [5.41, 5.74) is 1.21. The van der Waals surface area contributed by atoms with E-state index in [1.165, 1.54) is 19.2 Å². The lowest BCUT2D eigenvalue weighted by Gasteiger charge is -2.31. The van der Waals surface area contributed by atoms with Crippen LogP contribution in [0, 0.1) is 0 Å². The number of carbonyl (C=O) groups excluding carboxylic acids is 3. The van der Waals surface area contributed by atoms with Crippen LogP contribution in [0.2, 0.25) is 0 Å². The summed E-state index contributed by atoms with van der Waals surface area (Å²) < 4.78 is 36.7. The molecule has 2 aliphatic heterocycles. The first-order valence-corrected chi connectivity index (χ1v) is 15.2. The van der Waals surface area contributed by atoms with Gasteiger partial charge in [0.25, 0.3) is 11.1 Å². The number of pyridine rings is 3. The zero-order chi connectivity index (χ0) is 29.5. The molecule has 2 aliphatic rings. The number of ether oxygens (including phenoxy) is 2. The SMILES string of the molecule is CC(=O)Nc1cc(Nc2cc(CN3C(=O)CSC3=O)cc(S(C)(=O)=O)n2)c(-c2ccc3c(n2)OCC(C)(C)O3)cn1. The molecule has 2 N–H and O–H groups in total. The van der Waals surface area contributed by atoms with Crippen molar-refractivity contribution in [3.05, 3.63) is 42.1 Å². The normalized spacial score (nSPS) is 16.0. The fourth-order valence-corrected chi connectivity index (χ4v) is 5.45. The van der Waals surface area contributed by atoms with Crippen LogP contribution in [0.25, 0.3) is 11.3 Å². The molecule has 0 saturated carbocycles. The highest BCUT2D eigenvalue weighted by molar-refractivity contribution is 8.14. The van der Waals surface area contributed by atoms with Crippen molar-refractivity contribution < 1.29 is 32.3 Å². The van der Waals surface area contributed by atoms with E-state index >= 15 is 0 Å². The van der Waals surface area contributed by atoms with E-state index in [-0.39, 0.29) is 40.8 Å². The molecular formula is C26H26N6O7S2. The van der Waals surface area contributed by atoms with E-state index in [9.17, 15) is 22.8 Å². The number of carbonyl (C=O) groups is 3. The van der Waals surface area contributed by atoms with Gasteiger partial charge in [-0.2, -0.15) is 0 Å². The Morgan fingerprint density at radius 2 is 1.93 bits per heavy atom. The van der Waals surface area contributed by atoms with E-state index in [0.717, 1.165) is 22.9 Å². The van der Waals surface area contributed by atoms with Crippen molar-refractivity contribution in [1.29, 1.82) is 0 Å². The van der Waals surface area contributed by atoms with E-state index in [4.69, 9.17) is 9.47 Å². The van der Waals surface area contributed by atoms with Gasteiger partial charge in [-0.15, -0.1) is 0 Å². The van der Waals surface area contributed by atoms with E-state index in [2.05, 4.69) is 25.6 Å². The van der Waals surface area contributed by atoms with Gasteiger partial charge in [-0.05, 0) is 43.7 Å². The van der Waals surface area contributed by atoms with Gasteiger partial charge >= 0.3 is 0 Å². The van der Waals surface area contributed by atoms with Crippen molar-refractivity contribution >= 4 is 56.0 Å². The second kappa shape index (κ2) is 10.6. The standard InChI is InChI=1S/C26H26N6O7S2/c1-14(33)28-20-9-18(16(10-27-20)17-5-6-19-24(30-17)38-13-26(2,3)39-19)29-21-7-15(8-22(31-21)41(4,36)37)11-32-23(34)12-40-25(32)35/h5-10H,11-13H2,1-4H3,(H2,27,28,29,31,33). The number of fused-ring (bicyclic) bond motifs is 1. The van der Waals surface area contributed by atoms with Gasteiger partial charge in [-0.25, -0.2) is 23.4 Å². The Balaban J connectivity index is 1.56. The maximum Gasteiger partial charge on any atom is 0.289 e. The summed E-state index contributed by atoms with van der Waals surface area (Å²) >= 11 is 0.885. The first kappa shape index (κ1) is 28.3. The molecule has 0 aromatic carbocycles. The van der Waals surface area contributed by atoms with Crippen LogP contribution in [0.1, 0.15) is 26.3 Å². The van der Waals surface area contributed by atoms with Crippen molar-refractivity contribution in [3.63, 3.8) is 0 Å². The van der Waals surface area contributed by atoms with Crippen LogP contribution in [0.15, 0.2) is 41.6 Å². The van der Waals surface area contributed by atoms with E-state index < -0.39 is 20.7 Å². The quantitative estimate of drug-likeness (QED) is 0.407. The van der Waals surface area contributed by atoms with Gasteiger partial charge in [0.15, 0.2) is 20.6 Å². The topological polar surface area (TPSA) is 170 Å². The maximum absolute atomic E-state index is 12.5. The van der Waals surface area contributed by atoms with Crippen molar-refractivity contribution in [2.75, 3.05) is 29.2 Å². The van der Waals surface area contributed by atoms with E-state index in [1.54, 1.807) is 24.3 Å². The Morgan fingerprint density at radius 1 is 1.15 bits per heavy atom. The number of imide groups is 1. The highest BCUT2D eigenvalue weighted by Crippen LogP contribution is 2.38. The Bertz CT molecular complexity index is 1680. The number of anilines is 3. The molecule has 13 nitrogen and oxygen atoms in total. The van der Waals surface area contributed by atoms with Crippen LogP contribution in [-0.4, -0.2) is 69.5 Å². The molecule has 214 valence electrons. The fourth-order valence-electron chi connectivity index (χ4n) is 4.10. The Hall–Kier alpha value is -4.24. The number of rotatable bonds is 7. The molecule has 3 amide bonds. The molecule has 0 unspecified atom stereocenters. The molecule has 1 fully saturated rings. The average Bonchev–Trinajstić information content (AvgIpc) is 3.19. The zero-order valence-corrected chi connectivity index (χ0v) is 24.2. The van der Waals surface area contributed by atoms with Gasteiger partial charge in [0.05, 0.1) is 23.7 Å². The number of aromatic nitrogens is 3. The lowest BCUT2D eigenvalue weighted by atomic mass is 10.1. The zero-order valence-electron chi connectivity index (χ0n) is 22.5. The number of hydrogen-bond acceptors (Lipinski definition) is 12. The smallest absolute Gasteiger partial charge is 0.289 e. The minimum atomic E-state index is -3.76.